The van der Waals surface area contributed by atoms with E-state index in [1.807, 2.05) is 36.4 Å². The first-order chi connectivity index (χ1) is 15.1. The second-order valence-corrected chi connectivity index (χ2v) is 8.58. The van der Waals surface area contributed by atoms with Gasteiger partial charge in [0, 0.05) is 39.1 Å². The summed E-state index contributed by atoms with van der Waals surface area (Å²) >= 11 is 0. The summed E-state index contributed by atoms with van der Waals surface area (Å²) in [6, 6.07) is 18.1. The molecule has 31 heavy (non-hydrogen) atoms. The third-order valence-electron chi connectivity index (χ3n) is 6.80. The van der Waals surface area contributed by atoms with Crippen LogP contribution in [0.15, 0.2) is 67.0 Å². The van der Waals surface area contributed by atoms with Crippen LogP contribution in [0.5, 0.6) is 0 Å². The second-order valence-electron chi connectivity index (χ2n) is 8.58. The Bertz CT molecular complexity index is 1120. The molecule has 1 spiro atoms. The molecule has 0 radical (unpaired) electrons. The van der Waals surface area contributed by atoms with Gasteiger partial charge in [0.1, 0.15) is 5.54 Å². The van der Waals surface area contributed by atoms with Crippen LogP contribution in [0.4, 0.5) is 4.79 Å². The van der Waals surface area contributed by atoms with Crippen molar-refractivity contribution < 1.29 is 9.59 Å². The highest BCUT2D eigenvalue weighted by atomic mass is 16.2. The highest BCUT2D eigenvalue weighted by molar-refractivity contribution is 6.07. The van der Waals surface area contributed by atoms with Crippen molar-refractivity contribution in [3.8, 4) is 0 Å². The molecule has 5 rings (SSSR count). The van der Waals surface area contributed by atoms with Crippen LogP contribution in [0.25, 0.3) is 10.8 Å². The molecule has 0 unspecified atom stereocenters. The van der Waals surface area contributed by atoms with Crippen LogP contribution in [0.1, 0.15) is 24.0 Å². The fourth-order valence-electron chi connectivity index (χ4n) is 4.88. The number of nitrogens with zero attached hydrogens (tertiary/aromatic N) is 4. The Morgan fingerprint density at radius 2 is 1.58 bits per heavy atom. The van der Waals surface area contributed by atoms with Gasteiger partial charge in [0.05, 0.1) is 6.54 Å². The van der Waals surface area contributed by atoms with Gasteiger partial charge < -0.3 is 4.90 Å². The molecule has 0 atom stereocenters. The highest BCUT2D eigenvalue weighted by Gasteiger charge is 2.56. The third-order valence-corrected chi connectivity index (χ3v) is 6.80. The second kappa shape index (κ2) is 7.78. The van der Waals surface area contributed by atoms with E-state index in [9.17, 15) is 9.59 Å². The van der Waals surface area contributed by atoms with Crippen molar-refractivity contribution in [3.63, 3.8) is 0 Å². The quantitative estimate of drug-likeness (QED) is 0.612. The maximum absolute atomic E-state index is 13.5. The number of hydrogen-bond acceptors (Lipinski definition) is 4. The van der Waals surface area contributed by atoms with Gasteiger partial charge in [-0.3, -0.25) is 19.6 Å². The average Bonchev–Trinajstić information content (AvgIpc) is 2.97. The Morgan fingerprint density at radius 3 is 2.32 bits per heavy atom. The number of pyridine rings is 1. The van der Waals surface area contributed by atoms with Gasteiger partial charge in [-0.1, -0.05) is 36.4 Å². The lowest BCUT2D eigenvalue weighted by Gasteiger charge is -2.40. The molecule has 3 amide bonds. The minimum Gasteiger partial charge on any atom is -0.312 e. The van der Waals surface area contributed by atoms with Crippen molar-refractivity contribution in [2.45, 2.75) is 31.5 Å². The van der Waals surface area contributed by atoms with Gasteiger partial charge in [-0.05, 0) is 52.9 Å². The number of urea groups is 1. The third kappa shape index (κ3) is 3.47. The van der Waals surface area contributed by atoms with Gasteiger partial charge in [0.2, 0.25) is 0 Å². The largest absolute Gasteiger partial charge is 0.327 e. The van der Waals surface area contributed by atoms with E-state index < -0.39 is 5.54 Å². The van der Waals surface area contributed by atoms with E-state index >= 15 is 0 Å². The zero-order chi connectivity index (χ0) is 21.4. The number of amides is 3. The Balaban J connectivity index is 1.31. The number of likely N-dealkylation sites (N-methyl/N-ethyl adjacent to an activating group) is 1. The minimum atomic E-state index is -0.720. The van der Waals surface area contributed by atoms with Crippen LogP contribution < -0.4 is 0 Å². The molecule has 2 saturated heterocycles. The summed E-state index contributed by atoms with van der Waals surface area (Å²) in [5.41, 5.74) is 1.47. The first-order valence-electron chi connectivity index (χ1n) is 10.8. The number of imide groups is 1. The van der Waals surface area contributed by atoms with Gasteiger partial charge in [0.25, 0.3) is 5.91 Å². The van der Waals surface area contributed by atoms with Crippen LogP contribution in [-0.4, -0.2) is 57.3 Å². The lowest BCUT2D eigenvalue weighted by molar-refractivity contribution is -0.135. The molecule has 2 aliphatic rings. The molecule has 2 aromatic carbocycles. The maximum atomic E-state index is 13.5. The van der Waals surface area contributed by atoms with Crippen LogP contribution >= 0.6 is 0 Å². The van der Waals surface area contributed by atoms with Gasteiger partial charge >= 0.3 is 6.03 Å². The summed E-state index contributed by atoms with van der Waals surface area (Å²) in [4.78, 5) is 36.0. The topological polar surface area (TPSA) is 56.8 Å². The van der Waals surface area contributed by atoms with E-state index in [1.54, 1.807) is 24.3 Å². The van der Waals surface area contributed by atoms with Gasteiger partial charge in [-0.15, -0.1) is 0 Å². The van der Waals surface area contributed by atoms with Crippen molar-refractivity contribution in [2.75, 3.05) is 20.1 Å². The zero-order valence-electron chi connectivity index (χ0n) is 17.7. The lowest BCUT2D eigenvalue weighted by atomic mass is 9.86. The molecule has 2 fully saturated rings. The van der Waals surface area contributed by atoms with Crippen molar-refractivity contribution in [3.05, 3.63) is 78.1 Å². The van der Waals surface area contributed by atoms with Crippen LogP contribution in [0.3, 0.4) is 0 Å². The summed E-state index contributed by atoms with van der Waals surface area (Å²) in [5.74, 6) is -0.0586. The Labute approximate surface area is 182 Å². The first-order valence-corrected chi connectivity index (χ1v) is 10.8. The molecule has 2 aliphatic heterocycles. The normalized spacial score (nSPS) is 19.0. The molecule has 0 aliphatic carbocycles. The maximum Gasteiger partial charge on any atom is 0.327 e. The van der Waals surface area contributed by atoms with Crippen molar-refractivity contribution in [1.82, 2.24) is 19.7 Å². The highest BCUT2D eigenvalue weighted by Crippen LogP contribution is 2.37. The molecular formula is C25H26N4O2. The summed E-state index contributed by atoms with van der Waals surface area (Å²) in [5, 5.41) is 2.27. The van der Waals surface area contributed by atoms with Crippen molar-refractivity contribution in [2.24, 2.45) is 0 Å². The van der Waals surface area contributed by atoms with Crippen LogP contribution in [0.2, 0.25) is 0 Å². The number of hydrogen-bond donors (Lipinski definition) is 0. The van der Waals surface area contributed by atoms with Crippen molar-refractivity contribution in [1.29, 1.82) is 0 Å². The monoisotopic (exact) mass is 414 g/mol. The number of piperidine rings is 1. The Kier molecular flexibility index (Phi) is 4.94. The number of rotatable bonds is 4. The predicted octanol–water partition coefficient (Wildman–Crippen LogP) is 3.66. The molecule has 158 valence electrons. The first kappa shape index (κ1) is 19.7. The fraction of sp³-hybridized carbons (Fsp3) is 0.320. The van der Waals surface area contributed by atoms with Gasteiger partial charge in [-0.2, -0.15) is 0 Å². The molecule has 6 heteroatoms. The van der Waals surface area contributed by atoms with Gasteiger partial charge in [0.15, 0.2) is 0 Å². The summed E-state index contributed by atoms with van der Waals surface area (Å²) in [7, 11) is 1.78. The number of aromatic nitrogens is 1. The van der Waals surface area contributed by atoms with Crippen LogP contribution in [-0.2, 0) is 17.9 Å². The van der Waals surface area contributed by atoms with Crippen LogP contribution in [0, 0.1) is 0 Å². The SMILES string of the molecule is CN1C(=O)N(Cc2ccc3ccccc3c2)C(=O)C12CCN(Cc1ccncc1)CC2. The van der Waals surface area contributed by atoms with E-state index in [4.69, 9.17) is 0 Å². The van der Waals surface area contributed by atoms with E-state index in [1.165, 1.54) is 10.5 Å². The molecule has 0 bridgehead atoms. The lowest BCUT2D eigenvalue weighted by Crippen LogP contribution is -2.55. The average molecular weight is 415 g/mol. The minimum absolute atomic E-state index is 0.0586. The van der Waals surface area contributed by atoms with Gasteiger partial charge in [-0.25, -0.2) is 4.79 Å². The zero-order valence-corrected chi connectivity index (χ0v) is 17.7. The number of fused-ring (bicyclic) bond motifs is 1. The number of benzene rings is 2. The van der Waals surface area contributed by atoms with Crippen molar-refractivity contribution >= 4 is 22.7 Å². The summed E-state index contributed by atoms with van der Waals surface area (Å²) in [6.07, 6.45) is 4.93. The van der Waals surface area contributed by atoms with E-state index in [0.717, 1.165) is 36.0 Å². The van der Waals surface area contributed by atoms with E-state index in [2.05, 4.69) is 28.1 Å². The molecule has 1 aromatic heterocycles. The summed E-state index contributed by atoms with van der Waals surface area (Å²) < 4.78 is 0. The molecular weight excluding hydrogens is 388 g/mol. The molecule has 3 heterocycles. The fourth-order valence-corrected chi connectivity index (χ4v) is 4.88. The number of carbonyl (C=O) groups is 2. The molecule has 3 aromatic rings. The number of carbonyl (C=O) groups excluding carboxylic acids is 2. The Hall–Kier alpha value is -3.25. The smallest absolute Gasteiger partial charge is 0.312 e. The summed E-state index contributed by atoms with van der Waals surface area (Å²) in [6.45, 7) is 2.73. The standard InChI is InChI=1S/C25H26N4O2/c1-27-24(31)29(18-20-6-7-21-4-2-3-5-22(21)16-20)23(30)25(27)10-14-28(15-11-25)17-19-8-12-26-13-9-19/h2-9,12-13,16H,10-11,14-15,17-18H2,1H3. The molecule has 6 nitrogen and oxygen atoms in total. The number of likely N-dealkylation sites (tertiary alicyclic amines) is 1. The molecule has 0 N–H and O–H groups in total. The predicted molar refractivity (Wildman–Crippen MR) is 119 cm³/mol. The Morgan fingerprint density at radius 1 is 0.871 bits per heavy atom. The van der Waals surface area contributed by atoms with E-state index in [-0.39, 0.29) is 11.9 Å². The molecule has 0 saturated carbocycles. The van der Waals surface area contributed by atoms with E-state index in [0.29, 0.717) is 19.4 Å².